The third kappa shape index (κ3) is 3.25. The Morgan fingerprint density at radius 2 is 2.37 bits per heavy atom. The summed E-state index contributed by atoms with van der Waals surface area (Å²) in [6, 6.07) is 2.26. The highest BCUT2D eigenvalue weighted by molar-refractivity contribution is 5.55. The number of nitrogens with zero attached hydrogens (tertiary/aromatic N) is 2. The summed E-state index contributed by atoms with van der Waals surface area (Å²) in [5.74, 6) is 0. The van der Waals surface area contributed by atoms with Crippen molar-refractivity contribution in [1.82, 2.24) is 10.3 Å². The van der Waals surface area contributed by atoms with Gasteiger partial charge in [-0.1, -0.05) is 13.3 Å². The molecule has 19 heavy (non-hydrogen) atoms. The molecule has 0 spiro atoms. The first kappa shape index (κ1) is 14.3. The minimum atomic E-state index is -0.319. The van der Waals surface area contributed by atoms with Crippen molar-refractivity contribution in [1.29, 1.82) is 0 Å². The molecule has 2 heterocycles. The van der Waals surface area contributed by atoms with E-state index in [2.05, 4.69) is 35.1 Å². The Bertz CT molecular complexity index is 420. The van der Waals surface area contributed by atoms with E-state index in [0.717, 1.165) is 38.2 Å². The van der Waals surface area contributed by atoms with E-state index in [4.69, 9.17) is 0 Å². The maximum absolute atomic E-state index is 9.77. The summed E-state index contributed by atoms with van der Waals surface area (Å²) in [7, 11) is 0. The Labute approximate surface area is 115 Å². The van der Waals surface area contributed by atoms with Crippen LogP contribution in [0.4, 0.5) is 5.69 Å². The molecule has 0 bridgehead atoms. The van der Waals surface area contributed by atoms with Crippen LogP contribution in [0.15, 0.2) is 12.3 Å². The molecule has 0 radical (unpaired) electrons. The fraction of sp³-hybridized carbons (Fsp3) is 0.667. The van der Waals surface area contributed by atoms with E-state index in [1.165, 1.54) is 11.3 Å². The third-order valence-corrected chi connectivity index (χ3v) is 3.87. The fourth-order valence-corrected chi connectivity index (χ4v) is 2.76. The molecule has 1 fully saturated rings. The summed E-state index contributed by atoms with van der Waals surface area (Å²) in [6.45, 7) is 8.91. The molecule has 1 aliphatic heterocycles. The molecule has 2 unspecified atom stereocenters. The molecule has 1 aliphatic rings. The van der Waals surface area contributed by atoms with E-state index < -0.39 is 0 Å². The van der Waals surface area contributed by atoms with Crippen molar-refractivity contribution in [2.75, 3.05) is 24.5 Å². The smallest absolute Gasteiger partial charge is 0.0682 e. The summed E-state index contributed by atoms with van der Waals surface area (Å²) in [5.41, 5.74) is 3.78. The van der Waals surface area contributed by atoms with Crippen molar-refractivity contribution in [3.05, 3.63) is 23.5 Å². The van der Waals surface area contributed by atoms with Crippen LogP contribution in [0, 0.1) is 6.92 Å². The van der Waals surface area contributed by atoms with Gasteiger partial charge in [-0.15, -0.1) is 0 Å². The van der Waals surface area contributed by atoms with Gasteiger partial charge in [-0.05, 0) is 31.9 Å². The van der Waals surface area contributed by atoms with Gasteiger partial charge in [0, 0.05) is 37.2 Å². The van der Waals surface area contributed by atoms with E-state index in [1.54, 1.807) is 0 Å². The average molecular weight is 263 g/mol. The minimum absolute atomic E-state index is 0.150. The number of pyridine rings is 1. The largest absolute Gasteiger partial charge is 0.392 e. The lowest BCUT2D eigenvalue weighted by atomic mass is 10.0. The van der Waals surface area contributed by atoms with Gasteiger partial charge in [-0.25, -0.2) is 0 Å². The maximum Gasteiger partial charge on any atom is 0.0682 e. The molecule has 1 aromatic heterocycles. The topological polar surface area (TPSA) is 48.4 Å². The van der Waals surface area contributed by atoms with Crippen molar-refractivity contribution in [2.24, 2.45) is 0 Å². The summed E-state index contributed by atoms with van der Waals surface area (Å²) in [5, 5.41) is 13.1. The van der Waals surface area contributed by atoms with Crippen LogP contribution in [0.5, 0.6) is 0 Å². The van der Waals surface area contributed by atoms with Crippen LogP contribution < -0.4 is 10.2 Å². The molecule has 106 valence electrons. The van der Waals surface area contributed by atoms with Crippen LogP contribution in [-0.4, -0.2) is 41.9 Å². The second-order valence-electron chi connectivity index (χ2n) is 5.39. The number of nitrogens with one attached hydrogen (secondary N) is 1. The van der Waals surface area contributed by atoms with Crippen LogP contribution in [0.25, 0.3) is 0 Å². The first-order valence-corrected chi connectivity index (χ1v) is 7.24. The quantitative estimate of drug-likeness (QED) is 0.864. The molecular formula is C15H25N3O. The van der Waals surface area contributed by atoms with Crippen LogP contribution in [-0.2, 0) is 6.42 Å². The van der Waals surface area contributed by atoms with Crippen molar-refractivity contribution in [3.8, 4) is 0 Å². The van der Waals surface area contributed by atoms with Crippen molar-refractivity contribution in [3.63, 3.8) is 0 Å². The van der Waals surface area contributed by atoms with Crippen LogP contribution in [0.3, 0.4) is 0 Å². The van der Waals surface area contributed by atoms with E-state index in [1.807, 2.05) is 13.1 Å². The van der Waals surface area contributed by atoms with E-state index >= 15 is 0 Å². The predicted molar refractivity (Wildman–Crippen MR) is 78.7 cm³/mol. The number of aryl methyl sites for hydroxylation is 1. The fourth-order valence-electron chi connectivity index (χ4n) is 2.76. The van der Waals surface area contributed by atoms with Crippen molar-refractivity contribution in [2.45, 2.75) is 45.8 Å². The van der Waals surface area contributed by atoms with Gasteiger partial charge in [-0.2, -0.15) is 0 Å². The maximum atomic E-state index is 9.77. The highest BCUT2D eigenvalue weighted by atomic mass is 16.3. The molecule has 4 nitrogen and oxygen atoms in total. The standard InChI is InChI=1S/C15H25N3O/c1-4-5-13-11(2)16-7-6-15(13)18-9-8-17-14(10-18)12(3)19/h6-7,12,14,17,19H,4-5,8-10H2,1-3H3. The number of rotatable bonds is 4. The van der Waals surface area contributed by atoms with Gasteiger partial charge in [0.1, 0.15) is 0 Å². The predicted octanol–water partition coefficient (Wildman–Crippen LogP) is 1.50. The number of aromatic nitrogens is 1. The Morgan fingerprint density at radius 3 is 3.05 bits per heavy atom. The van der Waals surface area contributed by atoms with Gasteiger partial charge in [0.05, 0.1) is 12.1 Å². The highest BCUT2D eigenvalue weighted by Gasteiger charge is 2.24. The number of aliphatic hydroxyl groups is 1. The van der Waals surface area contributed by atoms with Crippen molar-refractivity contribution < 1.29 is 5.11 Å². The van der Waals surface area contributed by atoms with Crippen molar-refractivity contribution >= 4 is 5.69 Å². The molecule has 2 N–H and O–H groups in total. The monoisotopic (exact) mass is 263 g/mol. The first-order valence-electron chi connectivity index (χ1n) is 7.24. The Balaban J connectivity index is 2.23. The molecule has 1 saturated heterocycles. The Morgan fingerprint density at radius 1 is 1.58 bits per heavy atom. The Kier molecular flexibility index (Phi) is 4.77. The minimum Gasteiger partial charge on any atom is -0.392 e. The summed E-state index contributed by atoms with van der Waals surface area (Å²) >= 11 is 0. The molecule has 0 aliphatic carbocycles. The van der Waals surface area contributed by atoms with Crippen LogP contribution >= 0.6 is 0 Å². The number of piperazine rings is 1. The van der Waals surface area contributed by atoms with Gasteiger partial charge in [0.15, 0.2) is 0 Å². The molecule has 1 aromatic rings. The molecular weight excluding hydrogens is 238 g/mol. The zero-order chi connectivity index (χ0) is 13.8. The van der Waals surface area contributed by atoms with Gasteiger partial charge in [0.2, 0.25) is 0 Å². The SMILES string of the molecule is CCCc1c(N2CCNC(C(C)O)C2)ccnc1C. The lowest BCUT2D eigenvalue weighted by molar-refractivity contribution is 0.141. The molecule has 4 heteroatoms. The normalized spacial score (nSPS) is 21.5. The Hall–Kier alpha value is -1.13. The van der Waals surface area contributed by atoms with Gasteiger partial charge in [0.25, 0.3) is 0 Å². The lowest BCUT2D eigenvalue weighted by Gasteiger charge is -2.37. The first-order chi connectivity index (χ1) is 9.13. The molecule has 0 saturated carbocycles. The summed E-state index contributed by atoms with van der Waals surface area (Å²) < 4.78 is 0. The van der Waals surface area contributed by atoms with Crippen LogP contribution in [0.1, 0.15) is 31.5 Å². The van der Waals surface area contributed by atoms with E-state index in [9.17, 15) is 5.11 Å². The van der Waals surface area contributed by atoms with Gasteiger partial charge in [-0.3, -0.25) is 4.98 Å². The van der Waals surface area contributed by atoms with Gasteiger partial charge < -0.3 is 15.3 Å². The zero-order valence-corrected chi connectivity index (χ0v) is 12.2. The molecule has 0 amide bonds. The zero-order valence-electron chi connectivity index (χ0n) is 12.2. The van der Waals surface area contributed by atoms with Gasteiger partial charge >= 0.3 is 0 Å². The number of aliphatic hydroxyl groups excluding tert-OH is 1. The van der Waals surface area contributed by atoms with E-state index in [-0.39, 0.29) is 12.1 Å². The second kappa shape index (κ2) is 6.35. The number of hydrogen-bond donors (Lipinski definition) is 2. The highest BCUT2D eigenvalue weighted by Crippen LogP contribution is 2.25. The van der Waals surface area contributed by atoms with E-state index in [0.29, 0.717) is 0 Å². The summed E-state index contributed by atoms with van der Waals surface area (Å²) in [6.07, 6.45) is 3.77. The number of hydrogen-bond acceptors (Lipinski definition) is 4. The third-order valence-electron chi connectivity index (χ3n) is 3.87. The molecule has 2 rings (SSSR count). The van der Waals surface area contributed by atoms with Crippen LogP contribution in [0.2, 0.25) is 0 Å². The average Bonchev–Trinajstić information content (AvgIpc) is 2.41. The molecule has 2 atom stereocenters. The molecule has 0 aromatic carbocycles. The number of anilines is 1. The summed E-state index contributed by atoms with van der Waals surface area (Å²) in [4.78, 5) is 6.80. The lowest BCUT2D eigenvalue weighted by Crippen LogP contribution is -2.55. The second-order valence-corrected chi connectivity index (χ2v) is 5.39.